The van der Waals surface area contributed by atoms with Gasteiger partial charge in [-0.05, 0) is 18.1 Å². The van der Waals surface area contributed by atoms with Crippen LogP contribution in [-0.4, -0.2) is 21.1 Å². The number of fused-ring (bicyclic) bond motifs is 1. The zero-order chi connectivity index (χ0) is 19.5. The quantitative estimate of drug-likeness (QED) is 0.533. The number of amides is 1. The van der Waals surface area contributed by atoms with Crippen molar-refractivity contribution >= 4 is 33.1 Å². The minimum absolute atomic E-state index is 0.163. The van der Waals surface area contributed by atoms with Crippen LogP contribution in [0.2, 0.25) is 0 Å². The smallest absolute Gasteiger partial charge is 0.278 e. The van der Waals surface area contributed by atoms with Gasteiger partial charge in [0.1, 0.15) is 0 Å². The molecule has 2 heterocycles. The van der Waals surface area contributed by atoms with Crippen molar-refractivity contribution in [3.05, 3.63) is 75.5 Å². The van der Waals surface area contributed by atoms with Gasteiger partial charge in [-0.3, -0.25) is 14.9 Å². The van der Waals surface area contributed by atoms with Crippen LogP contribution in [0.3, 0.4) is 0 Å². The highest BCUT2D eigenvalue weighted by Gasteiger charge is 2.16. The molecule has 0 saturated heterocycles. The Morgan fingerprint density at radius 1 is 1.11 bits per heavy atom. The highest BCUT2D eigenvalue weighted by molar-refractivity contribution is 7.14. The van der Waals surface area contributed by atoms with E-state index < -0.39 is 5.91 Å². The summed E-state index contributed by atoms with van der Waals surface area (Å²) in [5, 5.41) is 12.4. The Hall–Kier alpha value is -3.32. The SMILES string of the molecule is CCCc1ccc(-c2csc(NC(=O)c3n[nH]c(=O)c4ccccc34)n2)cc1. The van der Waals surface area contributed by atoms with E-state index in [4.69, 9.17) is 0 Å². The lowest BCUT2D eigenvalue weighted by Gasteiger charge is -2.04. The van der Waals surface area contributed by atoms with Crippen LogP contribution >= 0.6 is 11.3 Å². The number of benzene rings is 2. The van der Waals surface area contributed by atoms with Crippen molar-refractivity contribution in [3.63, 3.8) is 0 Å². The molecule has 0 aliphatic carbocycles. The van der Waals surface area contributed by atoms with Gasteiger partial charge in [0.15, 0.2) is 10.8 Å². The summed E-state index contributed by atoms with van der Waals surface area (Å²) in [7, 11) is 0. The zero-order valence-electron chi connectivity index (χ0n) is 15.2. The second-order valence-electron chi connectivity index (χ2n) is 6.39. The van der Waals surface area contributed by atoms with Crippen molar-refractivity contribution in [1.29, 1.82) is 0 Å². The largest absolute Gasteiger partial charge is 0.296 e. The van der Waals surface area contributed by atoms with E-state index in [2.05, 4.69) is 39.6 Å². The molecule has 140 valence electrons. The van der Waals surface area contributed by atoms with Crippen LogP contribution in [0.1, 0.15) is 29.4 Å². The Morgan fingerprint density at radius 3 is 2.61 bits per heavy atom. The molecular formula is C21H18N4O2S. The van der Waals surface area contributed by atoms with E-state index in [1.807, 2.05) is 17.5 Å². The minimum atomic E-state index is -0.411. The molecule has 28 heavy (non-hydrogen) atoms. The van der Waals surface area contributed by atoms with Crippen molar-refractivity contribution in [3.8, 4) is 11.3 Å². The van der Waals surface area contributed by atoms with Gasteiger partial charge in [-0.1, -0.05) is 55.8 Å². The second kappa shape index (κ2) is 7.74. The van der Waals surface area contributed by atoms with E-state index in [1.165, 1.54) is 16.9 Å². The van der Waals surface area contributed by atoms with E-state index in [0.29, 0.717) is 15.9 Å². The number of carbonyl (C=O) groups is 1. The zero-order valence-corrected chi connectivity index (χ0v) is 16.0. The summed E-state index contributed by atoms with van der Waals surface area (Å²) in [6, 6.07) is 15.2. The number of aromatic amines is 1. The van der Waals surface area contributed by atoms with Crippen LogP contribution < -0.4 is 10.9 Å². The summed E-state index contributed by atoms with van der Waals surface area (Å²) >= 11 is 1.35. The van der Waals surface area contributed by atoms with Crippen LogP contribution in [0.4, 0.5) is 5.13 Å². The second-order valence-corrected chi connectivity index (χ2v) is 7.24. The third-order valence-corrected chi connectivity index (χ3v) is 5.18. The van der Waals surface area contributed by atoms with E-state index in [0.717, 1.165) is 24.1 Å². The van der Waals surface area contributed by atoms with E-state index in [-0.39, 0.29) is 11.3 Å². The molecule has 2 aromatic carbocycles. The number of aryl methyl sites for hydroxylation is 1. The lowest BCUT2D eigenvalue weighted by Crippen LogP contribution is -2.19. The maximum atomic E-state index is 12.7. The summed E-state index contributed by atoms with van der Waals surface area (Å²) in [5.74, 6) is -0.411. The predicted molar refractivity (Wildman–Crippen MR) is 112 cm³/mol. The van der Waals surface area contributed by atoms with Crippen LogP contribution in [0.25, 0.3) is 22.0 Å². The molecule has 0 spiro atoms. The third-order valence-electron chi connectivity index (χ3n) is 4.42. The van der Waals surface area contributed by atoms with Crippen molar-refractivity contribution < 1.29 is 4.79 Å². The molecule has 0 fully saturated rings. The highest BCUT2D eigenvalue weighted by atomic mass is 32.1. The van der Waals surface area contributed by atoms with Crippen molar-refractivity contribution in [1.82, 2.24) is 15.2 Å². The standard InChI is InChI=1S/C21H18N4O2S/c1-2-5-13-8-10-14(11-9-13)17-12-28-21(22-17)23-20(27)18-15-6-3-4-7-16(15)19(26)25-24-18/h3-4,6-12H,2,5H2,1H3,(H,25,26)(H,22,23,27). The fraction of sp³-hybridized carbons (Fsp3) is 0.143. The number of anilines is 1. The number of carbonyl (C=O) groups excluding carboxylic acids is 1. The molecule has 1 amide bonds. The maximum absolute atomic E-state index is 12.7. The van der Waals surface area contributed by atoms with Crippen LogP contribution in [0, 0.1) is 0 Å². The molecule has 4 rings (SSSR count). The van der Waals surface area contributed by atoms with E-state index in [1.54, 1.807) is 24.3 Å². The number of nitrogens with zero attached hydrogens (tertiary/aromatic N) is 2. The van der Waals surface area contributed by atoms with Crippen molar-refractivity contribution in [2.75, 3.05) is 5.32 Å². The van der Waals surface area contributed by atoms with Gasteiger partial charge in [-0.2, -0.15) is 5.10 Å². The fourth-order valence-electron chi connectivity index (χ4n) is 3.04. The van der Waals surface area contributed by atoms with Gasteiger partial charge >= 0.3 is 0 Å². The molecule has 0 aliphatic rings. The number of H-pyrrole nitrogens is 1. The van der Waals surface area contributed by atoms with Crippen molar-refractivity contribution in [2.24, 2.45) is 0 Å². The first-order valence-electron chi connectivity index (χ1n) is 8.99. The van der Waals surface area contributed by atoms with Gasteiger partial charge in [0, 0.05) is 16.3 Å². The number of hydrogen-bond acceptors (Lipinski definition) is 5. The van der Waals surface area contributed by atoms with Crippen LogP contribution in [0.15, 0.2) is 58.7 Å². The number of hydrogen-bond donors (Lipinski definition) is 2. The Kier molecular flexibility index (Phi) is 4.99. The van der Waals surface area contributed by atoms with E-state index in [9.17, 15) is 9.59 Å². The average Bonchev–Trinajstić information content (AvgIpc) is 3.17. The molecule has 0 saturated carbocycles. The Bertz CT molecular complexity index is 1190. The molecule has 7 heteroatoms. The predicted octanol–water partition coefficient (Wildman–Crippen LogP) is 4.25. The van der Waals surface area contributed by atoms with Crippen LogP contribution in [-0.2, 0) is 6.42 Å². The highest BCUT2D eigenvalue weighted by Crippen LogP contribution is 2.26. The van der Waals surface area contributed by atoms with Crippen LogP contribution in [0.5, 0.6) is 0 Å². The van der Waals surface area contributed by atoms with Gasteiger partial charge in [0.25, 0.3) is 11.5 Å². The summed E-state index contributed by atoms with van der Waals surface area (Å²) < 4.78 is 0. The molecule has 4 aromatic rings. The first-order valence-corrected chi connectivity index (χ1v) is 9.87. The number of nitrogens with one attached hydrogen (secondary N) is 2. The molecule has 0 bridgehead atoms. The molecular weight excluding hydrogens is 372 g/mol. The number of rotatable bonds is 5. The monoisotopic (exact) mass is 390 g/mol. The first kappa shape index (κ1) is 18.1. The minimum Gasteiger partial charge on any atom is -0.296 e. The summed E-state index contributed by atoms with van der Waals surface area (Å²) in [4.78, 5) is 29.1. The Balaban J connectivity index is 1.57. The fourth-order valence-corrected chi connectivity index (χ4v) is 3.75. The summed E-state index contributed by atoms with van der Waals surface area (Å²) in [6.07, 6.45) is 2.17. The molecule has 2 N–H and O–H groups in total. The van der Waals surface area contributed by atoms with Gasteiger partial charge in [-0.15, -0.1) is 11.3 Å². The summed E-state index contributed by atoms with van der Waals surface area (Å²) in [6.45, 7) is 2.16. The van der Waals surface area contributed by atoms with Gasteiger partial charge in [0.2, 0.25) is 0 Å². The molecule has 0 atom stereocenters. The number of aromatic nitrogens is 3. The molecule has 0 aliphatic heterocycles. The molecule has 6 nitrogen and oxygen atoms in total. The first-order chi connectivity index (χ1) is 13.7. The van der Waals surface area contributed by atoms with Gasteiger partial charge < -0.3 is 0 Å². The van der Waals surface area contributed by atoms with Crippen molar-refractivity contribution in [2.45, 2.75) is 19.8 Å². The van der Waals surface area contributed by atoms with Gasteiger partial charge in [-0.25, -0.2) is 10.1 Å². The molecule has 0 unspecified atom stereocenters. The maximum Gasteiger partial charge on any atom is 0.278 e. The average molecular weight is 390 g/mol. The Morgan fingerprint density at radius 2 is 1.86 bits per heavy atom. The summed E-state index contributed by atoms with van der Waals surface area (Å²) in [5.41, 5.74) is 2.95. The topological polar surface area (TPSA) is 87.7 Å². The molecule has 2 aromatic heterocycles. The lowest BCUT2D eigenvalue weighted by molar-refractivity contribution is 0.102. The lowest BCUT2D eigenvalue weighted by atomic mass is 10.1. The normalized spacial score (nSPS) is 10.9. The van der Waals surface area contributed by atoms with Gasteiger partial charge in [0.05, 0.1) is 11.1 Å². The molecule has 0 radical (unpaired) electrons. The Labute approximate surface area is 165 Å². The third kappa shape index (κ3) is 3.57. The number of thiazole rings is 1. The van der Waals surface area contributed by atoms with E-state index >= 15 is 0 Å².